The molecule has 0 aliphatic heterocycles. The first-order chi connectivity index (χ1) is 13.5. The fourth-order valence-corrected chi connectivity index (χ4v) is 4.48. The largest absolute Gasteiger partial charge is 0.414 e. The Morgan fingerprint density at radius 2 is 1.86 bits per heavy atom. The number of hydrogen-bond acceptors (Lipinski definition) is 6. The van der Waals surface area contributed by atoms with Gasteiger partial charge in [-0.05, 0) is 57.6 Å². The van der Waals surface area contributed by atoms with Gasteiger partial charge in [0.15, 0.2) is 0 Å². The van der Waals surface area contributed by atoms with Crippen molar-refractivity contribution in [1.82, 2.24) is 25.6 Å². The molecular weight excluding hydrogens is 358 g/mol. The van der Waals surface area contributed by atoms with E-state index in [0.717, 1.165) is 37.8 Å². The van der Waals surface area contributed by atoms with Gasteiger partial charge in [0.25, 0.3) is 5.91 Å². The molecule has 2 aliphatic carbocycles. The van der Waals surface area contributed by atoms with Gasteiger partial charge in [-0.1, -0.05) is 6.07 Å². The second kappa shape index (κ2) is 7.18. The fourth-order valence-electron chi connectivity index (χ4n) is 4.48. The second-order valence-corrected chi connectivity index (χ2v) is 7.77. The highest BCUT2D eigenvalue weighted by Crippen LogP contribution is 2.48. The van der Waals surface area contributed by atoms with E-state index in [9.17, 15) is 9.59 Å². The summed E-state index contributed by atoms with van der Waals surface area (Å²) in [5, 5.41) is 6.23. The average Bonchev–Trinajstić information content (AvgIpc) is 2.92. The molecule has 8 nitrogen and oxygen atoms in total. The van der Waals surface area contributed by atoms with E-state index >= 15 is 0 Å². The predicted molar refractivity (Wildman–Crippen MR) is 101 cm³/mol. The molecule has 2 fully saturated rings. The third-order valence-electron chi connectivity index (χ3n) is 5.69. The number of carbonyl (C=O) groups excluding carboxylic acids is 2. The van der Waals surface area contributed by atoms with Crippen LogP contribution in [0.3, 0.4) is 0 Å². The van der Waals surface area contributed by atoms with Crippen LogP contribution in [0.5, 0.6) is 5.88 Å². The molecule has 0 aromatic carbocycles. The Hall–Kier alpha value is -3.03. The topological polar surface area (TPSA) is 106 Å². The zero-order valence-electron chi connectivity index (χ0n) is 15.8. The number of fused-ring (bicyclic) bond motifs is 2. The third-order valence-corrected chi connectivity index (χ3v) is 5.69. The van der Waals surface area contributed by atoms with Crippen LogP contribution in [0.4, 0.5) is 4.79 Å². The predicted octanol–water partition coefficient (Wildman–Crippen LogP) is 2.54. The molecule has 0 unspecified atom stereocenters. The van der Waals surface area contributed by atoms with Gasteiger partial charge in [-0.2, -0.15) is 0 Å². The van der Waals surface area contributed by atoms with Crippen molar-refractivity contribution < 1.29 is 14.3 Å². The molecule has 2 atom stereocenters. The monoisotopic (exact) mass is 381 g/mol. The van der Waals surface area contributed by atoms with E-state index in [-0.39, 0.29) is 22.9 Å². The average molecular weight is 381 g/mol. The number of aromatic nitrogens is 3. The lowest BCUT2D eigenvalue weighted by Crippen LogP contribution is -2.55. The quantitative estimate of drug-likeness (QED) is 0.843. The van der Waals surface area contributed by atoms with E-state index in [1.54, 1.807) is 6.07 Å². The summed E-state index contributed by atoms with van der Waals surface area (Å²) in [7, 11) is 0. The van der Waals surface area contributed by atoms with Crippen molar-refractivity contribution in [2.24, 2.45) is 0 Å². The van der Waals surface area contributed by atoms with E-state index < -0.39 is 6.09 Å². The first-order valence-corrected chi connectivity index (χ1v) is 9.50. The summed E-state index contributed by atoms with van der Waals surface area (Å²) in [6.45, 7) is 1.86. The standard InChI is InChI=1S/C20H23N5O3/c1-14-4-2-5-15(23-14)17(26)24-19-7-3-8-20(12-19,10-9-19)25-18(27)28-16-6-11-21-13-22-16/h2,4-6,11,13H,3,7-10,12H2,1H3,(H,24,26)(H,25,27)/t19-,20+/m1/s1. The Kier molecular flexibility index (Phi) is 4.70. The molecule has 0 radical (unpaired) electrons. The van der Waals surface area contributed by atoms with Crippen LogP contribution in [0.25, 0.3) is 0 Å². The molecule has 0 spiro atoms. The maximum atomic E-state index is 12.7. The van der Waals surface area contributed by atoms with Crippen molar-refractivity contribution >= 4 is 12.0 Å². The molecule has 2 N–H and O–H groups in total. The number of rotatable bonds is 4. The van der Waals surface area contributed by atoms with Crippen molar-refractivity contribution in [3.8, 4) is 5.88 Å². The third kappa shape index (κ3) is 3.81. The zero-order chi connectivity index (χ0) is 19.6. The Morgan fingerprint density at radius 1 is 1.07 bits per heavy atom. The molecule has 28 heavy (non-hydrogen) atoms. The number of carbonyl (C=O) groups is 2. The highest BCUT2D eigenvalue weighted by molar-refractivity contribution is 5.92. The molecular formula is C20H23N5O3. The lowest BCUT2D eigenvalue weighted by Gasteiger charge is -2.40. The van der Waals surface area contributed by atoms with Gasteiger partial charge in [-0.3, -0.25) is 4.79 Å². The summed E-state index contributed by atoms with van der Waals surface area (Å²) < 4.78 is 5.26. The van der Waals surface area contributed by atoms with Gasteiger partial charge in [0.05, 0.1) is 0 Å². The minimum absolute atomic E-state index is 0.162. The van der Waals surface area contributed by atoms with Crippen molar-refractivity contribution in [1.29, 1.82) is 0 Å². The van der Waals surface area contributed by atoms with Crippen molar-refractivity contribution in [3.05, 3.63) is 48.2 Å². The molecule has 2 aromatic rings. The lowest BCUT2D eigenvalue weighted by molar-refractivity contribution is 0.0864. The molecule has 4 rings (SSSR count). The molecule has 2 saturated carbocycles. The zero-order valence-corrected chi connectivity index (χ0v) is 15.8. The van der Waals surface area contributed by atoms with Gasteiger partial charge in [0.1, 0.15) is 12.0 Å². The summed E-state index contributed by atoms with van der Waals surface area (Å²) >= 11 is 0. The van der Waals surface area contributed by atoms with Gasteiger partial charge < -0.3 is 15.4 Å². The smallest absolute Gasteiger partial charge is 0.391 e. The molecule has 146 valence electrons. The Balaban J connectivity index is 1.42. The van der Waals surface area contributed by atoms with Crippen LogP contribution in [-0.2, 0) is 0 Å². The first-order valence-electron chi connectivity index (χ1n) is 9.50. The highest BCUT2D eigenvalue weighted by Gasteiger charge is 2.52. The summed E-state index contributed by atoms with van der Waals surface area (Å²) in [6.07, 6.45) is 7.32. The highest BCUT2D eigenvalue weighted by atomic mass is 16.6. The van der Waals surface area contributed by atoms with Crippen LogP contribution in [0.2, 0.25) is 0 Å². The molecule has 0 saturated heterocycles. The van der Waals surface area contributed by atoms with Gasteiger partial charge in [-0.25, -0.2) is 19.7 Å². The second-order valence-electron chi connectivity index (χ2n) is 7.77. The SMILES string of the molecule is Cc1cccc(C(=O)N[C@]23CCC[C@](NC(=O)Oc4ccncn4)(CC2)C3)n1. The normalized spacial score (nSPS) is 25.8. The minimum Gasteiger partial charge on any atom is -0.391 e. The minimum atomic E-state index is -0.525. The van der Waals surface area contributed by atoms with Crippen molar-refractivity contribution in [2.45, 2.75) is 56.5 Å². The van der Waals surface area contributed by atoms with E-state index in [0.29, 0.717) is 12.1 Å². The van der Waals surface area contributed by atoms with Crippen LogP contribution in [0.15, 0.2) is 36.8 Å². The molecule has 2 amide bonds. The molecule has 8 heteroatoms. The molecule has 2 aromatic heterocycles. The first kappa shape index (κ1) is 18.3. The van der Waals surface area contributed by atoms with E-state index in [1.807, 2.05) is 19.1 Å². The van der Waals surface area contributed by atoms with Gasteiger partial charge in [-0.15, -0.1) is 0 Å². The van der Waals surface area contributed by atoms with Crippen LogP contribution >= 0.6 is 0 Å². The molecule has 2 heterocycles. The Bertz CT molecular complexity index is 890. The lowest BCUT2D eigenvalue weighted by atomic mass is 9.78. The number of pyridine rings is 1. The van der Waals surface area contributed by atoms with Crippen molar-refractivity contribution in [2.75, 3.05) is 0 Å². The summed E-state index contributed by atoms with van der Waals surface area (Å²) in [5.41, 5.74) is 0.552. The Morgan fingerprint density at radius 3 is 2.57 bits per heavy atom. The van der Waals surface area contributed by atoms with Crippen LogP contribution in [0.1, 0.15) is 54.7 Å². The summed E-state index contributed by atoms with van der Waals surface area (Å²) in [5.74, 6) is 0.0488. The van der Waals surface area contributed by atoms with Gasteiger partial charge in [0, 0.05) is 29.0 Å². The maximum absolute atomic E-state index is 12.7. The van der Waals surface area contributed by atoms with Crippen LogP contribution in [-0.4, -0.2) is 38.0 Å². The summed E-state index contributed by atoms with van der Waals surface area (Å²) in [4.78, 5) is 37.1. The number of nitrogens with one attached hydrogen (secondary N) is 2. The number of nitrogens with zero attached hydrogens (tertiary/aromatic N) is 3. The van der Waals surface area contributed by atoms with E-state index in [2.05, 4.69) is 25.6 Å². The number of ether oxygens (including phenoxy) is 1. The fraction of sp³-hybridized carbons (Fsp3) is 0.450. The maximum Gasteiger partial charge on any atom is 0.414 e. The Labute approximate surface area is 163 Å². The molecule has 2 bridgehead atoms. The van der Waals surface area contributed by atoms with Crippen LogP contribution in [0, 0.1) is 6.92 Å². The summed E-state index contributed by atoms with van der Waals surface area (Å²) in [6, 6.07) is 6.95. The number of aryl methyl sites for hydroxylation is 1. The number of amides is 2. The van der Waals surface area contributed by atoms with Crippen molar-refractivity contribution in [3.63, 3.8) is 0 Å². The van der Waals surface area contributed by atoms with Gasteiger partial charge in [0.2, 0.25) is 5.88 Å². The van der Waals surface area contributed by atoms with Crippen LogP contribution < -0.4 is 15.4 Å². The van der Waals surface area contributed by atoms with E-state index in [4.69, 9.17) is 4.74 Å². The molecule has 2 aliphatic rings. The number of hydrogen-bond donors (Lipinski definition) is 2. The van der Waals surface area contributed by atoms with E-state index in [1.165, 1.54) is 18.6 Å². The van der Waals surface area contributed by atoms with Gasteiger partial charge >= 0.3 is 6.09 Å².